The predicted molar refractivity (Wildman–Crippen MR) is 101 cm³/mol. The van der Waals surface area contributed by atoms with Gasteiger partial charge in [-0.1, -0.05) is 40.9 Å². The molecule has 0 unspecified atom stereocenters. The number of benzene rings is 2. The van der Waals surface area contributed by atoms with Crippen LogP contribution in [0.1, 0.15) is 29.3 Å². The van der Waals surface area contributed by atoms with E-state index in [-0.39, 0.29) is 29.5 Å². The monoisotopic (exact) mass is 399 g/mol. The van der Waals surface area contributed by atoms with Crippen LogP contribution in [0, 0.1) is 0 Å². The van der Waals surface area contributed by atoms with Gasteiger partial charge < -0.3 is 10.1 Å². The summed E-state index contributed by atoms with van der Waals surface area (Å²) >= 11 is 17.9. The highest BCUT2D eigenvalue weighted by Gasteiger charge is 2.13. The van der Waals surface area contributed by atoms with E-state index in [1.54, 1.807) is 37.3 Å². The Morgan fingerprint density at radius 1 is 1.04 bits per heavy atom. The minimum absolute atomic E-state index is 0.205. The maximum Gasteiger partial charge on any atom is 0.339 e. The van der Waals surface area contributed by atoms with Crippen molar-refractivity contribution in [3.63, 3.8) is 0 Å². The number of hydrogen-bond donors (Lipinski definition) is 1. The molecule has 0 heterocycles. The highest BCUT2D eigenvalue weighted by atomic mass is 35.5. The third-order valence-electron chi connectivity index (χ3n) is 3.38. The zero-order valence-electron chi connectivity index (χ0n) is 13.4. The molecule has 7 heteroatoms. The molecule has 0 saturated carbocycles. The second-order valence-corrected chi connectivity index (χ2v) is 6.45. The highest BCUT2D eigenvalue weighted by molar-refractivity contribution is 6.35. The molecule has 0 fully saturated rings. The fraction of sp³-hybridized carbons (Fsp3) is 0.222. The van der Waals surface area contributed by atoms with Gasteiger partial charge >= 0.3 is 5.97 Å². The van der Waals surface area contributed by atoms with Crippen LogP contribution in [-0.2, 0) is 16.0 Å². The molecule has 0 aromatic heterocycles. The second-order valence-electron chi connectivity index (χ2n) is 5.20. The first-order valence-corrected chi connectivity index (χ1v) is 8.74. The third-order valence-corrected chi connectivity index (χ3v) is 4.30. The van der Waals surface area contributed by atoms with Crippen LogP contribution in [0.5, 0.6) is 0 Å². The van der Waals surface area contributed by atoms with Gasteiger partial charge in [0.2, 0.25) is 5.91 Å². The summed E-state index contributed by atoms with van der Waals surface area (Å²) in [6.07, 6.45) is 0.707. The molecule has 4 nitrogen and oxygen atoms in total. The molecule has 0 aliphatic rings. The number of hydrogen-bond acceptors (Lipinski definition) is 3. The first-order chi connectivity index (χ1) is 11.9. The predicted octanol–water partition coefficient (Wildman–Crippen LogP) is 5.39. The van der Waals surface area contributed by atoms with E-state index in [1.807, 2.05) is 0 Å². The van der Waals surface area contributed by atoms with Crippen LogP contribution in [0.15, 0.2) is 36.4 Å². The van der Waals surface area contributed by atoms with Crippen LogP contribution < -0.4 is 5.32 Å². The largest absolute Gasteiger partial charge is 0.462 e. The lowest BCUT2D eigenvalue weighted by atomic mass is 10.1. The summed E-state index contributed by atoms with van der Waals surface area (Å²) in [5.41, 5.74) is 1.52. The van der Waals surface area contributed by atoms with E-state index in [0.717, 1.165) is 5.56 Å². The van der Waals surface area contributed by atoms with Crippen molar-refractivity contribution in [1.29, 1.82) is 0 Å². The Balaban J connectivity index is 2.00. The summed E-state index contributed by atoms with van der Waals surface area (Å²) in [6, 6.07) is 9.82. The van der Waals surface area contributed by atoms with Gasteiger partial charge in [0.15, 0.2) is 0 Å². The van der Waals surface area contributed by atoms with E-state index in [2.05, 4.69) is 5.32 Å². The Bertz CT molecular complexity index is 793. The van der Waals surface area contributed by atoms with Crippen molar-refractivity contribution in [2.24, 2.45) is 0 Å². The first-order valence-electron chi connectivity index (χ1n) is 7.61. The number of rotatable bonds is 6. The molecule has 1 N–H and O–H groups in total. The van der Waals surface area contributed by atoms with Gasteiger partial charge in [-0.25, -0.2) is 4.79 Å². The standard InChI is InChI=1S/C18H16Cl3NO3/c1-2-25-18(24)14-10-13(6-7-15(14)20)22-17(23)8-4-11-3-5-12(19)9-16(11)21/h3,5-7,9-10H,2,4,8H2,1H3,(H,22,23). The van der Waals surface area contributed by atoms with Crippen molar-refractivity contribution in [3.05, 3.63) is 62.6 Å². The molecule has 25 heavy (non-hydrogen) atoms. The average molecular weight is 401 g/mol. The van der Waals surface area contributed by atoms with Gasteiger partial charge in [-0.2, -0.15) is 0 Å². The Hall–Kier alpha value is -1.75. The van der Waals surface area contributed by atoms with E-state index < -0.39 is 5.97 Å². The van der Waals surface area contributed by atoms with Crippen LogP contribution in [-0.4, -0.2) is 18.5 Å². The molecule has 2 rings (SSSR count). The summed E-state index contributed by atoms with van der Waals surface area (Å²) in [6.45, 7) is 1.95. The number of carbonyl (C=O) groups excluding carboxylic acids is 2. The van der Waals surface area contributed by atoms with Crippen molar-refractivity contribution < 1.29 is 14.3 Å². The Morgan fingerprint density at radius 2 is 1.80 bits per heavy atom. The Kier molecular flexibility index (Phi) is 7.12. The maximum atomic E-state index is 12.1. The third kappa shape index (κ3) is 5.63. The molecule has 2 aromatic rings. The number of nitrogens with one attached hydrogen (secondary N) is 1. The summed E-state index contributed by atoms with van der Waals surface area (Å²) < 4.78 is 4.94. The summed E-state index contributed by atoms with van der Waals surface area (Å²) in [5, 5.41) is 4.07. The Morgan fingerprint density at radius 3 is 2.48 bits per heavy atom. The molecule has 0 bridgehead atoms. The van der Waals surface area contributed by atoms with E-state index in [4.69, 9.17) is 39.5 Å². The van der Waals surface area contributed by atoms with Crippen LogP contribution in [0.2, 0.25) is 15.1 Å². The molecule has 0 spiro atoms. The van der Waals surface area contributed by atoms with Crippen LogP contribution in [0.4, 0.5) is 5.69 Å². The minimum Gasteiger partial charge on any atom is -0.462 e. The lowest BCUT2D eigenvalue weighted by Gasteiger charge is -2.09. The smallest absolute Gasteiger partial charge is 0.339 e. The summed E-state index contributed by atoms with van der Waals surface area (Å²) in [4.78, 5) is 24.0. The van der Waals surface area contributed by atoms with E-state index in [1.165, 1.54) is 6.07 Å². The quantitative estimate of drug-likeness (QED) is 0.661. The van der Waals surface area contributed by atoms with Crippen molar-refractivity contribution >= 4 is 52.4 Å². The molecule has 0 saturated heterocycles. The lowest BCUT2D eigenvalue weighted by Crippen LogP contribution is -2.13. The van der Waals surface area contributed by atoms with Crippen molar-refractivity contribution in [2.45, 2.75) is 19.8 Å². The SMILES string of the molecule is CCOC(=O)c1cc(NC(=O)CCc2ccc(Cl)cc2Cl)ccc1Cl. The lowest BCUT2D eigenvalue weighted by molar-refractivity contribution is -0.116. The zero-order valence-corrected chi connectivity index (χ0v) is 15.7. The molecule has 0 atom stereocenters. The molecule has 0 radical (unpaired) electrons. The number of ether oxygens (including phenoxy) is 1. The molecule has 2 aromatic carbocycles. The van der Waals surface area contributed by atoms with E-state index in [0.29, 0.717) is 22.2 Å². The molecular weight excluding hydrogens is 385 g/mol. The van der Waals surface area contributed by atoms with Gasteiger partial charge in [0.1, 0.15) is 0 Å². The van der Waals surface area contributed by atoms with E-state index >= 15 is 0 Å². The average Bonchev–Trinajstić information content (AvgIpc) is 2.56. The number of carbonyl (C=O) groups is 2. The van der Waals surface area contributed by atoms with Gasteiger partial charge in [0, 0.05) is 22.2 Å². The second kappa shape index (κ2) is 9.09. The van der Waals surface area contributed by atoms with Crippen LogP contribution in [0.3, 0.4) is 0 Å². The summed E-state index contributed by atoms with van der Waals surface area (Å²) in [5.74, 6) is -0.736. The zero-order chi connectivity index (χ0) is 18.4. The molecule has 1 amide bonds. The normalized spacial score (nSPS) is 10.4. The highest BCUT2D eigenvalue weighted by Crippen LogP contribution is 2.23. The fourth-order valence-corrected chi connectivity index (χ4v) is 2.86. The molecule has 0 aliphatic carbocycles. The number of aryl methyl sites for hydroxylation is 1. The fourth-order valence-electron chi connectivity index (χ4n) is 2.16. The van der Waals surface area contributed by atoms with Crippen LogP contribution in [0.25, 0.3) is 0 Å². The van der Waals surface area contributed by atoms with Gasteiger partial charge in [-0.3, -0.25) is 4.79 Å². The Labute approximate surface area is 161 Å². The van der Waals surface area contributed by atoms with E-state index in [9.17, 15) is 9.59 Å². The molecule has 0 aliphatic heterocycles. The summed E-state index contributed by atoms with van der Waals surface area (Å²) in [7, 11) is 0. The molecular formula is C18H16Cl3NO3. The maximum absolute atomic E-state index is 12.1. The number of amides is 1. The van der Waals surface area contributed by atoms with Gasteiger partial charge in [-0.15, -0.1) is 0 Å². The van der Waals surface area contributed by atoms with Crippen molar-refractivity contribution in [2.75, 3.05) is 11.9 Å². The topological polar surface area (TPSA) is 55.4 Å². The number of anilines is 1. The number of halogens is 3. The first kappa shape index (κ1) is 19.6. The van der Waals surface area contributed by atoms with Gasteiger partial charge in [0.25, 0.3) is 0 Å². The minimum atomic E-state index is -0.531. The van der Waals surface area contributed by atoms with Gasteiger partial charge in [0.05, 0.1) is 17.2 Å². The van der Waals surface area contributed by atoms with Crippen molar-refractivity contribution in [3.8, 4) is 0 Å². The number of esters is 1. The van der Waals surface area contributed by atoms with Crippen LogP contribution >= 0.6 is 34.8 Å². The molecule has 132 valence electrons. The van der Waals surface area contributed by atoms with Crippen molar-refractivity contribution in [1.82, 2.24) is 0 Å². The van der Waals surface area contributed by atoms with Gasteiger partial charge in [-0.05, 0) is 49.2 Å².